The minimum absolute atomic E-state index is 0.0578. The molecule has 0 N–H and O–H groups in total. The Morgan fingerprint density at radius 2 is 2.12 bits per heavy atom. The van der Waals surface area contributed by atoms with Gasteiger partial charge in [-0.05, 0) is 25.1 Å². The van der Waals surface area contributed by atoms with Crippen molar-refractivity contribution in [2.75, 3.05) is 13.1 Å². The van der Waals surface area contributed by atoms with Gasteiger partial charge in [-0.1, -0.05) is 36.7 Å². The zero-order valence-electron chi connectivity index (χ0n) is 9.78. The Hall–Kier alpha value is -1.04. The van der Waals surface area contributed by atoms with Crippen molar-refractivity contribution in [3.05, 3.63) is 34.9 Å². The van der Waals surface area contributed by atoms with E-state index in [2.05, 4.69) is 17.9 Å². The van der Waals surface area contributed by atoms with Crippen LogP contribution in [0.25, 0.3) is 0 Å². The van der Waals surface area contributed by atoms with Gasteiger partial charge in [0.25, 0.3) is 0 Å². The first-order valence-corrected chi connectivity index (χ1v) is 5.90. The van der Waals surface area contributed by atoms with Crippen molar-refractivity contribution in [2.45, 2.75) is 20.4 Å². The van der Waals surface area contributed by atoms with E-state index < -0.39 is 0 Å². The first-order chi connectivity index (χ1) is 7.67. The monoisotopic (exact) mass is 236 g/mol. The molecule has 0 saturated carbocycles. The summed E-state index contributed by atoms with van der Waals surface area (Å²) in [5, 5.41) is 9.59. The third-order valence-corrected chi connectivity index (χ3v) is 2.92. The number of nitriles is 1. The molecule has 0 aliphatic heterocycles. The van der Waals surface area contributed by atoms with Gasteiger partial charge in [0.2, 0.25) is 0 Å². The fourth-order valence-electron chi connectivity index (χ4n) is 1.60. The van der Waals surface area contributed by atoms with Crippen LogP contribution in [0.2, 0.25) is 5.02 Å². The smallest absolute Gasteiger partial charge is 0.0666 e. The van der Waals surface area contributed by atoms with Crippen LogP contribution in [-0.4, -0.2) is 18.0 Å². The quantitative estimate of drug-likeness (QED) is 0.784. The Bertz CT molecular complexity index is 370. The Labute approximate surface area is 102 Å². The van der Waals surface area contributed by atoms with Crippen molar-refractivity contribution in [1.82, 2.24) is 4.90 Å². The van der Waals surface area contributed by atoms with Gasteiger partial charge in [-0.15, -0.1) is 0 Å². The van der Waals surface area contributed by atoms with Crippen LogP contribution in [-0.2, 0) is 6.54 Å². The number of hydrogen-bond donors (Lipinski definition) is 0. The van der Waals surface area contributed by atoms with E-state index in [1.54, 1.807) is 0 Å². The SMILES string of the molecule is CCN(Cc1ccccc1Cl)CC(C)C#N. The van der Waals surface area contributed by atoms with Crippen molar-refractivity contribution in [3.63, 3.8) is 0 Å². The lowest BCUT2D eigenvalue weighted by Crippen LogP contribution is -2.27. The summed E-state index contributed by atoms with van der Waals surface area (Å²) >= 11 is 6.10. The molecule has 0 saturated heterocycles. The van der Waals surface area contributed by atoms with Crippen LogP contribution in [0.3, 0.4) is 0 Å². The van der Waals surface area contributed by atoms with Crippen molar-refractivity contribution in [1.29, 1.82) is 5.26 Å². The van der Waals surface area contributed by atoms with Gasteiger partial charge in [0.15, 0.2) is 0 Å². The third kappa shape index (κ3) is 3.84. The molecule has 0 bridgehead atoms. The Morgan fingerprint density at radius 3 is 2.69 bits per heavy atom. The minimum Gasteiger partial charge on any atom is -0.298 e. The molecule has 0 fully saturated rings. The van der Waals surface area contributed by atoms with E-state index in [1.165, 1.54) is 0 Å². The molecule has 0 aromatic heterocycles. The van der Waals surface area contributed by atoms with Crippen LogP contribution in [0.15, 0.2) is 24.3 Å². The summed E-state index contributed by atoms with van der Waals surface area (Å²) in [4.78, 5) is 2.23. The molecule has 0 amide bonds. The summed E-state index contributed by atoms with van der Waals surface area (Å²) < 4.78 is 0. The predicted octanol–water partition coefficient (Wildman–Crippen LogP) is 3.32. The van der Waals surface area contributed by atoms with E-state index >= 15 is 0 Å². The standard InChI is InChI=1S/C13H17ClN2/c1-3-16(9-11(2)8-15)10-12-6-4-5-7-13(12)14/h4-7,11H,3,9-10H2,1-2H3. The fraction of sp³-hybridized carbons (Fsp3) is 0.462. The average molecular weight is 237 g/mol. The lowest BCUT2D eigenvalue weighted by molar-refractivity contribution is 0.260. The van der Waals surface area contributed by atoms with Gasteiger partial charge in [0.1, 0.15) is 0 Å². The van der Waals surface area contributed by atoms with E-state index in [1.807, 2.05) is 31.2 Å². The lowest BCUT2D eigenvalue weighted by atomic mass is 10.1. The van der Waals surface area contributed by atoms with E-state index in [0.29, 0.717) is 0 Å². The van der Waals surface area contributed by atoms with Gasteiger partial charge in [0, 0.05) is 18.1 Å². The van der Waals surface area contributed by atoms with Crippen LogP contribution >= 0.6 is 11.6 Å². The molecule has 1 atom stereocenters. The molecule has 3 heteroatoms. The average Bonchev–Trinajstić information content (AvgIpc) is 2.30. The summed E-state index contributed by atoms with van der Waals surface area (Å²) in [6.07, 6.45) is 0. The van der Waals surface area contributed by atoms with Gasteiger partial charge in [-0.25, -0.2) is 0 Å². The predicted molar refractivity (Wildman–Crippen MR) is 67.2 cm³/mol. The van der Waals surface area contributed by atoms with Crippen LogP contribution in [0.5, 0.6) is 0 Å². The highest BCUT2D eigenvalue weighted by Gasteiger charge is 2.09. The maximum absolute atomic E-state index is 8.80. The van der Waals surface area contributed by atoms with Gasteiger partial charge in [-0.2, -0.15) is 5.26 Å². The molecule has 0 aliphatic rings. The largest absolute Gasteiger partial charge is 0.298 e. The third-order valence-electron chi connectivity index (χ3n) is 2.55. The van der Waals surface area contributed by atoms with Gasteiger partial charge < -0.3 is 0 Å². The van der Waals surface area contributed by atoms with E-state index in [-0.39, 0.29) is 5.92 Å². The van der Waals surface area contributed by atoms with Crippen LogP contribution in [0.4, 0.5) is 0 Å². The highest BCUT2D eigenvalue weighted by Crippen LogP contribution is 2.17. The molecule has 16 heavy (non-hydrogen) atoms. The number of hydrogen-bond acceptors (Lipinski definition) is 2. The second-order valence-corrected chi connectivity index (χ2v) is 4.36. The molecule has 0 radical (unpaired) electrons. The molecule has 1 aromatic rings. The molecular weight excluding hydrogens is 220 g/mol. The van der Waals surface area contributed by atoms with Crippen molar-refractivity contribution < 1.29 is 0 Å². The maximum Gasteiger partial charge on any atom is 0.0666 e. The summed E-state index contributed by atoms with van der Waals surface area (Å²) in [5.74, 6) is 0.0578. The summed E-state index contributed by atoms with van der Waals surface area (Å²) in [6, 6.07) is 10.1. The fourth-order valence-corrected chi connectivity index (χ4v) is 1.80. The maximum atomic E-state index is 8.80. The molecule has 1 unspecified atom stereocenters. The van der Waals surface area contributed by atoms with Crippen molar-refractivity contribution in [2.24, 2.45) is 5.92 Å². The molecule has 1 aromatic carbocycles. The second kappa shape index (κ2) is 6.52. The molecule has 0 aliphatic carbocycles. The number of rotatable bonds is 5. The normalized spacial score (nSPS) is 12.4. The molecule has 2 nitrogen and oxygen atoms in total. The number of benzene rings is 1. The summed E-state index contributed by atoms with van der Waals surface area (Å²) in [5.41, 5.74) is 1.12. The van der Waals surface area contributed by atoms with Gasteiger partial charge in [-0.3, -0.25) is 4.90 Å². The molecule has 0 spiro atoms. The molecule has 0 heterocycles. The summed E-state index contributed by atoms with van der Waals surface area (Å²) in [7, 11) is 0. The minimum atomic E-state index is 0.0578. The van der Waals surface area contributed by atoms with Crippen molar-refractivity contribution >= 4 is 11.6 Å². The zero-order chi connectivity index (χ0) is 12.0. The first kappa shape index (κ1) is 13.0. The van der Waals surface area contributed by atoms with Crippen LogP contribution in [0.1, 0.15) is 19.4 Å². The van der Waals surface area contributed by atoms with E-state index in [4.69, 9.17) is 16.9 Å². The zero-order valence-corrected chi connectivity index (χ0v) is 10.5. The number of nitrogens with zero attached hydrogens (tertiary/aromatic N) is 2. The Kier molecular flexibility index (Phi) is 5.31. The van der Waals surface area contributed by atoms with Crippen LogP contribution < -0.4 is 0 Å². The van der Waals surface area contributed by atoms with E-state index in [0.717, 1.165) is 30.2 Å². The van der Waals surface area contributed by atoms with Gasteiger partial charge >= 0.3 is 0 Å². The Balaban J connectivity index is 2.64. The summed E-state index contributed by atoms with van der Waals surface area (Å²) in [6.45, 7) is 6.56. The second-order valence-electron chi connectivity index (χ2n) is 3.95. The highest BCUT2D eigenvalue weighted by atomic mass is 35.5. The molecule has 86 valence electrons. The highest BCUT2D eigenvalue weighted by molar-refractivity contribution is 6.31. The van der Waals surface area contributed by atoms with E-state index in [9.17, 15) is 0 Å². The van der Waals surface area contributed by atoms with Crippen molar-refractivity contribution in [3.8, 4) is 6.07 Å². The first-order valence-electron chi connectivity index (χ1n) is 5.52. The topological polar surface area (TPSA) is 27.0 Å². The molecule has 1 rings (SSSR count). The van der Waals surface area contributed by atoms with Crippen LogP contribution in [0, 0.1) is 17.2 Å². The Morgan fingerprint density at radius 1 is 1.44 bits per heavy atom. The lowest BCUT2D eigenvalue weighted by Gasteiger charge is -2.21. The number of halogens is 1. The molecular formula is C13H17ClN2. The van der Waals surface area contributed by atoms with Gasteiger partial charge in [0.05, 0.1) is 12.0 Å².